The monoisotopic (exact) mass is 458 g/mol. The average Bonchev–Trinajstić information content (AvgIpc) is 3.09. The van der Waals surface area contributed by atoms with Crippen LogP contribution in [0.4, 0.5) is 10.2 Å². The molecule has 5 rings (SSSR count). The van der Waals surface area contributed by atoms with Gasteiger partial charge >= 0.3 is 0 Å². The number of halogens is 2. The van der Waals surface area contributed by atoms with Gasteiger partial charge in [-0.25, -0.2) is 4.39 Å². The Labute approximate surface area is 188 Å². The molecule has 30 heavy (non-hydrogen) atoms. The minimum atomic E-state index is -0.299. The fraction of sp³-hybridized carbons (Fsp3) is 0.304. The van der Waals surface area contributed by atoms with Gasteiger partial charge in [0.2, 0.25) is 5.91 Å². The Bertz CT molecular complexity index is 1170. The summed E-state index contributed by atoms with van der Waals surface area (Å²) >= 11 is 13.4. The standard InChI is InChI=1S/C23H20ClFN2OS2/c24-16-10-8-15(9-11-16)20-21-26(13-14-4-3-5-17(25)12-14)22(28)18-6-1-2-7-19(18)27(21)23(29)30-20/h3-5,8-12,18-19H,1-2,6-7,13H2. The first-order chi connectivity index (χ1) is 14.5. The van der Waals surface area contributed by atoms with E-state index in [1.807, 2.05) is 35.2 Å². The second kappa shape index (κ2) is 7.91. The van der Waals surface area contributed by atoms with Gasteiger partial charge in [0.1, 0.15) is 11.6 Å². The van der Waals surface area contributed by atoms with Crippen LogP contribution < -0.4 is 4.90 Å². The van der Waals surface area contributed by atoms with Crippen molar-refractivity contribution in [2.24, 2.45) is 5.92 Å². The van der Waals surface area contributed by atoms with E-state index in [-0.39, 0.29) is 23.7 Å². The van der Waals surface area contributed by atoms with Gasteiger partial charge < -0.3 is 4.57 Å². The highest BCUT2D eigenvalue weighted by Crippen LogP contribution is 2.49. The van der Waals surface area contributed by atoms with E-state index in [1.165, 1.54) is 23.5 Å². The first kappa shape index (κ1) is 19.9. The van der Waals surface area contributed by atoms with Crippen molar-refractivity contribution in [3.8, 4) is 10.4 Å². The van der Waals surface area contributed by atoms with Crippen molar-refractivity contribution >= 4 is 46.9 Å². The van der Waals surface area contributed by atoms with E-state index in [1.54, 1.807) is 6.07 Å². The maximum absolute atomic E-state index is 13.8. The quantitative estimate of drug-likeness (QED) is 0.394. The normalized spacial score (nSPS) is 20.7. The SMILES string of the molecule is O=C1C2CCCCC2n2c(c(-c3ccc(Cl)cc3)sc2=S)N1Cc1cccc(F)c1. The Hall–Kier alpha value is -2.02. The number of amides is 1. The molecule has 2 aromatic carbocycles. The molecule has 1 fully saturated rings. The Morgan fingerprint density at radius 2 is 1.90 bits per heavy atom. The van der Waals surface area contributed by atoms with Gasteiger partial charge in [0, 0.05) is 11.1 Å². The van der Waals surface area contributed by atoms with E-state index in [4.69, 9.17) is 23.8 Å². The fourth-order valence-corrected chi connectivity index (χ4v) is 6.34. The predicted molar refractivity (Wildman–Crippen MR) is 122 cm³/mol. The number of carbonyl (C=O) groups excluding carboxylic acids is 1. The van der Waals surface area contributed by atoms with Crippen molar-refractivity contribution in [1.29, 1.82) is 0 Å². The molecule has 1 saturated carbocycles. The third-order valence-corrected chi connectivity index (χ3v) is 7.75. The number of fused-ring (bicyclic) bond motifs is 3. The van der Waals surface area contributed by atoms with Crippen LogP contribution >= 0.6 is 35.2 Å². The molecule has 3 aromatic rings. The number of benzene rings is 2. The van der Waals surface area contributed by atoms with Gasteiger partial charge in [0.25, 0.3) is 0 Å². The van der Waals surface area contributed by atoms with Gasteiger partial charge in [-0.3, -0.25) is 9.69 Å². The Morgan fingerprint density at radius 1 is 1.13 bits per heavy atom. The molecule has 2 unspecified atom stereocenters. The van der Waals surface area contributed by atoms with Gasteiger partial charge in [0.05, 0.1) is 17.3 Å². The van der Waals surface area contributed by atoms with Crippen LogP contribution in [0.1, 0.15) is 37.3 Å². The zero-order valence-corrected chi connectivity index (χ0v) is 18.6. The number of hydrogen-bond donors (Lipinski definition) is 0. The van der Waals surface area contributed by atoms with Crippen LogP contribution in [-0.2, 0) is 11.3 Å². The van der Waals surface area contributed by atoms with Crippen molar-refractivity contribution in [2.45, 2.75) is 38.3 Å². The molecule has 0 radical (unpaired) electrons. The highest BCUT2D eigenvalue weighted by molar-refractivity contribution is 7.73. The van der Waals surface area contributed by atoms with E-state index >= 15 is 0 Å². The summed E-state index contributed by atoms with van der Waals surface area (Å²) in [6.45, 7) is 0.325. The van der Waals surface area contributed by atoms with Gasteiger partial charge in [-0.2, -0.15) is 0 Å². The average molecular weight is 459 g/mol. The Balaban J connectivity index is 1.68. The van der Waals surface area contributed by atoms with Gasteiger partial charge in [-0.05, 0) is 60.5 Å². The fourth-order valence-electron chi connectivity index (χ4n) is 4.70. The second-order valence-electron chi connectivity index (χ2n) is 7.91. The van der Waals surface area contributed by atoms with Crippen LogP contribution in [0.3, 0.4) is 0 Å². The molecule has 1 aliphatic carbocycles. The summed E-state index contributed by atoms with van der Waals surface area (Å²) in [5, 5.41) is 0.662. The third kappa shape index (κ3) is 3.41. The molecule has 7 heteroatoms. The number of anilines is 1. The van der Waals surface area contributed by atoms with Crippen LogP contribution in [0.15, 0.2) is 48.5 Å². The van der Waals surface area contributed by atoms with Crippen molar-refractivity contribution in [1.82, 2.24) is 4.57 Å². The number of carbonyl (C=O) groups is 1. The number of thiazole rings is 1. The molecule has 154 valence electrons. The maximum atomic E-state index is 13.8. The van der Waals surface area contributed by atoms with Crippen LogP contribution in [0.5, 0.6) is 0 Å². The minimum absolute atomic E-state index is 0.0702. The molecular weight excluding hydrogens is 439 g/mol. The molecule has 3 nitrogen and oxygen atoms in total. The van der Waals surface area contributed by atoms with Gasteiger partial charge in [-0.1, -0.05) is 48.7 Å². The summed E-state index contributed by atoms with van der Waals surface area (Å²) in [6, 6.07) is 14.2. The van der Waals surface area contributed by atoms with E-state index in [2.05, 4.69) is 4.57 Å². The third-order valence-electron chi connectivity index (χ3n) is 6.05. The summed E-state index contributed by atoms with van der Waals surface area (Å²) in [5.74, 6) is 0.587. The van der Waals surface area contributed by atoms with E-state index in [0.29, 0.717) is 11.6 Å². The summed E-state index contributed by atoms with van der Waals surface area (Å²) in [4.78, 5) is 16.4. The lowest BCUT2D eigenvalue weighted by Gasteiger charge is -2.42. The van der Waals surface area contributed by atoms with Crippen molar-refractivity contribution in [3.05, 3.63) is 68.9 Å². The number of aromatic nitrogens is 1. The van der Waals surface area contributed by atoms with E-state index in [0.717, 1.165) is 51.5 Å². The summed E-state index contributed by atoms with van der Waals surface area (Å²) < 4.78 is 16.8. The zero-order chi connectivity index (χ0) is 20.8. The Morgan fingerprint density at radius 3 is 2.67 bits per heavy atom. The van der Waals surface area contributed by atoms with Crippen molar-refractivity contribution in [2.75, 3.05) is 4.90 Å². The highest BCUT2D eigenvalue weighted by Gasteiger charge is 2.43. The summed E-state index contributed by atoms with van der Waals surface area (Å²) in [7, 11) is 0. The predicted octanol–water partition coefficient (Wildman–Crippen LogP) is 7.02. The molecule has 2 atom stereocenters. The summed E-state index contributed by atoms with van der Waals surface area (Å²) in [6.07, 6.45) is 3.99. The number of nitrogens with zero attached hydrogens (tertiary/aromatic N) is 2. The summed E-state index contributed by atoms with van der Waals surface area (Å²) in [5.41, 5.74) is 1.75. The highest BCUT2D eigenvalue weighted by atomic mass is 35.5. The van der Waals surface area contributed by atoms with Crippen LogP contribution in [0.25, 0.3) is 10.4 Å². The molecule has 0 bridgehead atoms. The number of rotatable bonds is 3. The smallest absolute Gasteiger partial charge is 0.233 e. The molecule has 1 amide bonds. The first-order valence-corrected chi connectivity index (χ1v) is 11.7. The molecule has 0 N–H and O–H groups in total. The Kier molecular flexibility index (Phi) is 5.25. The van der Waals surface area contributed by atoms with Crippen LogP contribution in [0, 0.1) is 15.7 Å². The number of hydrogen-bond acceptors (Lipinski definition) is 3. The molecule has 2 heterocycles. The molecular formula is C23H20ClFN2OS2. The minimum Gasteiger partial charge on any atom is -0.305 e. The van der Waals surface area contributed by atoms with E-state index in [9.17, 15) is 9.18 Å². The van der Waals surface area contributed by atoms with Crippen molar-refractivity contribution in [3.63, 3.8) is 0 Å². The van der Waals surface area contributed by atoms with Crippen LogP contribution in [-0.4, -0.2) is 10.5 Å². The van der Waals surface area contributed by atoms with Crippen molar-refractivity contribution < 1.29 is 9.18 Å². The molecule has 1 aromatic heterocycles. The lowest BCUT2D eigenvalue weighted by Crippen LogP contribution is -2.46. The van der Waals surface area contributed by atoms with E-state index < -0.39 is 0 Å². The first-order valence-electron chi connectivity index (χ1n) is 10.1. The van der Waals surface area contributed by atoms with Crippen LogP contribution in [0.2, 0.25) is 5.02 Å². The maximum Gasteiger partial charge on any atom is 0.233 e. The van der Waals surface area contributed by atoms with Gasteiger partial charge in [0.15, 0.2) is 3.95 Å². The molecule has 2 aliphatic rings. The molecule has 0 spiro atoms. The van der Waals surface area contributed by atoms with Gasteiger partial charge in [-0.15, -0.1) is 11.3 Å². The largest absolute Gasteiger partial charge is 0.305 e. The zero-order valence-electron chi connectivity index (χ0n) is 16.2. The second-order valence-corrected chi connectivity index (χ2v) is 9.99. The lowest BCUT2D eigenvalue weighted by atomic mass is 9.82. The lowest BCUT2D eigenvalue weighted by molar-refractivity contribution is -0.126. The molecule has 1 aliphatic heterocycles. The molecule has 0 saturated heterocycles. The topological polar surface area (TPSA) is 25.2 Å².